The fraction of sp³-hybridized carbons (Fsp3) is 0.556. The minimum Gasteiger partial charge on any atom is -0.370 e. The summed E-state index contributed by atoms with van der Waals surface area (Å²) >= 11 is 0. The summed E-state index contributed by atoms with van der Waals surface area (Å²) in [7, 11) is 1.82. The highest BCUT2D eigenvalue weighted by Crippen LogP contribution is 2.19. The summed E-state index contributed by atoms with van der Waals surface area (Å²) < 4.78 is 0. The van der Waals surface area contributed by atoms with Gasteiger partial charge in [-0.2, -0.15) is 0 Å². The van der Waals surface area contributed by atoms with Crippen molar-refractivity contribution in [3.05, 3.63) is 35.9 Å². The maximum atomic E-state index is 11.1. The van der Waals surface area contributed by atoms with Crippen LogP contribution >= 0.6 is 24.0 Å². The Morgan fingerprint density at radius 1 is 1.38 bits per heavy atom. The first-order chi connectivity index (χ1) is 11.2. The lowest BCUT2D eigenvalue weighted by Gasteiger charge is -2.34. The fourth-order valence-corrected chi connectivity index (χ4v) is 3.18. The average Bonchev–Trinajstić information content (AvgIpc) is 2.55. The highest BCUT2D eigenvalue weighted by atomic mass is 127. The predicted octanol–water partition coefficient (Wildman–Crippen LogP) is 2.40. The Kier molecular flexibility index (Phi) is 9.75. The van der Waals surface area contributed by atoms with Crippen LogP contribution in [0, 0.1) is 5.92 Å². The second-order valence-corrected chi connectivity index (χ2v) is 6.19. The number of aryl methyl sites for hydroxylation is 1. The van der Waals surface area contributed by atoms with Gasteiger partial charge in [-0.05, 0) is 37.2 Å². The summed E-state index contributed by atoms with van der Waals surface area (Å²) in [6.45, 7) is 2.76. The Morgan fingerprint density at radius 2 is 2.12 bits per heavy atom. The van der Waals surface area contributed by atoms with E-state index in [0.29, 0.717) is 12.3 Å². The number of carbonyl (C=O) groups is 1. The van der Waals surface area contributed by atoms with Crippen molar-refractivity contribution in [2.75, 3.05) is 26.7 Å². The molecule has 1 atom stereocenters. The topological polar surface area (TPSA) is 70.7 Å². The van der Waals surface area contributed by atoms with Crippen molar-refractivity contribution in [1.29, 1.82) is 0 Å². The zero-order chi connectivity index (χ0) is 16.5. The summed E-state index contributed by atoms with van der Waals surface area (Å²) in [4.78, 5) is 17.8. The van der Waals surface area contributed by atoms with Gasteiger partial charge in [0.1, 0.15) is 0 Å². The second-order valence-electron chi connectivity index (χ2n) is 6.19. The number of aliphatic imine (C=N–C) groups is 1. The molecule has 6 heteroatoms. The van der Waals surface area contributed by atoms with Gasteiger partial charge in [0.2, 0.25) is 5.91 Å². The first kappa shape index (κ1) is 20.7. The van der Waals surface area contributed by atoms with E-state index < -0.39 is 0 Å². The number of hydrogen-bond acceptors (Lipinski definition) is 2. The van der Waals surface area contributed by atoms with Gasteiger partial charge < -0.3 is 16.0 Å². The molecule has 0 spiro atoms. The zero-order valence-electron chi connectivity index (χ0n) is 14.4. The van der Waals surface area contributed by atoms with Crippen LogP contribution in [0.1, 0.15) is 31.2 Å². The van der Waals surface area contributed by atoms with Gasteiger partial charge >= 0.3 is 0 Å². The van der Waals surface area contributed by atoms with E-state index in [2.05, 4.69) is 39.5 Å². The molecule has 1 fully saturated rings. The molecule has 2 rings (SSSR count). The molecule has 24 heavy (non-hydrogen) atoms. The molecule has 0 saturated carbocycles. The average molecular weight is 444 g/mol. The summed E-state index contributed by atoms with van der Waals surface area (Å²) in [5.41, 5.74) is 6.69. The highest BCUT2D eigenvalue weighted by Gasteiger charge is 2.23. The van der Waals surface area contributed by atoms with Gasteiger partial charge in [-0.1, -0.05) is 30.3 Å². The number of nitrogens with two attached hydrogens (primary N) is 1. The van der Waals surface area contributed by atoms with Crippen LogP contribution in [0.2, 0.25) is 0 Å². The van der Waals surface area contributed by atoms with E-state index >= 15 is 0 Å². The maximum absolute atomic E-state index is 11.1. The first-order valence-corrected chi connectivity index (χ1v) is 8.47. The summed E-state index contributed by atoms with van der Waals surface area (Å²) in [5.74, 6) is 1.08. The van der Waals surface area contributed by atoms with E-state index in [1.165, 1.54) is 5.56 Å². The number of likely N-dealkylation sites (tertiary alicyclic amines) is 1. The van der Waals surface area contributed by atoms with Gasteiger partial charge in [0.05, 0.1) is 0 Å². The van der Waals surface area contributed by atoms with Crippen LogP contribution in [0.5, 0.6) is 0 Å². The lowest BCUT2D eigenvalue weighted by atomic mass is 9.95. The van der Waals surface area contributed by atoms with E-state index in [1.54, 1.807) is 0 Å². The Labute approximate surface area is 162 Å². The number of primary amides is 1. The number of nitrogens with one attached hydrogen (secondary N) is 1. The number of carbonyl (C=O) groups excluding carboxylic acids is 1. The van der Waals surface area contributed by atoms with Gasteiger partial charge in [-0.15, -0.1) is 24.0 Å². The molecule has 1 aromatic carbocycles. The van der Waals surface area contributed by atoms with E-state index in [0.717, 1.165) is 51.3 Å². The number of hydrogen-bond donors (Lipinski definition) is 2. The molecule has 1 aliphatic heterocycles. The number of piperidine rings is 1. The molecule has 1 aliphatic rings. The number of guanidine groups is 1. The van der Waals surface area contributed by atoms with Crippen LogP contribution in [-0.2, 0) is 11.2 Å². The molecule has 0 aliphatic carbocycles. The van der Waals surface area contributed by atoms with Crippen molar-refractivity contribution in [3.63, 3.8) is 0 Å². The standard InChI is InChI=1S/C18H28N4O.HI/c1-20-18(21-11-5-9-15-7-3-2-4-8-15)22-12-6-10-16(14-22)13-17(19)23;/h2-4,7-8,16H,5-6,9-14H2,1H3,(H2,19,23)(H,20,21);1H. The molecule has 0 aromatic heterocycles. The number of amides is 1. The molecule has 0 radical (unpaired) electrons. The van der Waals surface area contributed by atoms with Crippen LogP contribution in [-0.4, -0.2) is 43.4 Å². The van der Waals surface area contributed by atoms with Crippen molar-refractivity contribution in [2.45, 2.75) is 32.1 Å². The van der Waals surface area contributed by atoms with Crippen LogP contribution in [0.4, 0.5) is 0 Å². The van der Waals surface area contributed by atoms with Gasteiger partial charge in [-0.25, -0.2) is 0 Å². The van der Waals surface area contributed by atoms with Crippen molar-refractivity contribution >= 4 is 35.8 Å². The number of rotatable bonds is 6. The van der Waals surface area contributed by atoms with E-state index in [1.807, 2.05) is 13.1 Å². The van der Waals surface area contributed by atoms with Crippen molar-refractivity contribution in [2.24, 2.45) is 16.6 Å². The highest BCUT2D eigenvalue weighted by molar-refractivity contribution is 14.0. The zero-order valence-corrected chi connectivity index (χ0v) is 16.7. The second kappa shape index (κ2) is 11.3. The number of benzene rings is 1. The van der Waals surface area contributed by atoms with Crippen LogP contribution in [0.15, 0.2) is 35.3 Å². The monoisotopic (exact) mass is 444 g/mol. The van der Waals surface area contributed by atoms with Crippen LogP contribution in [0.3, 0.4) is 0 Å². The SMILES string of the molecule is CN=C(NCCCc1ccccc1)N1CCCC(CC(N)=O)C1.I. The number of nitrogens with zero attached hydrogens (tertiary/aromatic N) is 2. The quantitative estimate of drug-likeness (QED) is 0.307. The third-order valence-corrected chi connectivity index (χ3v) is 4.29. The Bertz CT molecular complexity index is 521. The normalized spacial score (nSPS) is 18.0. The van der Waals surface area contributed by atoms with E-state index in [4.69, 9.17) is 5.73 Å². The van der Waals surface area contributed by atoms with E-state index in [9.17, 15) is 4.79 Å². The predicted molar refractivity (Wildman–Crippen MR) is 110 cm³/mol. The van der Waals surface area contributed by atoms with Crippen molar-refractivity contribution < 1.29 is 4.79 Å². The lowest BCUT2D eigenvalue weighted by Crippen LogP contribution is -2.47. The molecular weight excluding hydrogens is 415 g/mol. The Hall–Kier alpha value is -1.31. The van der Waals surface area contributed by atoms with Gasteiger partial charge in [0, 0.05) is 33.1 Å². The third-order valence-electron chi connectivity index (χ3n) is 4.29. The molecule has 0 bridgehead atoms. The Balaban J connectivity index is 0.00000288. The van der Waals surface area contributed by atoms with Crippen LogP contribution < -0.4 is 11.1 Å². The molecule has 134 valence electrons. The van der Waals surface area contributed by atoms with Crippen molar-refractivity contribution in [3.8, 4) is 0 Å². The van der Waals surface area contributed by atoms with Gasteiger partial charge in [0.15, 0.2) is 5.96 Å². The molecular formula is C18H29IN4O. The molecule has 1 unspecified atom stereocenters. The minimum absolute atomic E-state index is 0. The molecule has 1 amide bonds. The summed E-state index contributed by atoms with van der Waals surface area (Å²) in [6.07, 6.45) is 4.77. The molecule has 5 nitrogen and oxygen atoms in total. The first-order valence-electron chi connectivity index (χ1n) is 8.47. The van der Waals surface area contributed by atoms with Gasteiger partial charge in [-0.3, -0.25) is 9.79 Å². The Morgan fingerprint density at radius 3 is 2.79 bits per heavy atom. The summed E-state index contributed by atoms with van der Waals surface area (Å²) in [5, 5.41) is 3.44. The van der Waals surface area contributed by atoms with Gasteiger partial charge in [0.25, 0.3) is 0 Å². The van der Waals surface area contributed by atoms with E-state index in [-0.39, 0.29) is 29.9 Å². The third kappa shape index (κ3) is 7.07. The summed E-state index contributed by atoms with van der Waals surface area (Å²) in [6, 6.07) is 10.5. The number of halogens is 1. The molecule has 1 heterocycles. The van der Waals surface area contributed by atoms with Crippen molar-refractivity contribution in [1.82, 2.24) is 10.2 Å². The molecule has 1 aromatic rings. The maximum Gasteiger partial charge on any atom is 0.217 e. The van der Waals surface area contributed by atoms with Crippen LogP contribution in [0.25, 0.3) is 0 Å². The molecule has 3 N–H and O–H groups in total. The smallest absolute Gasteiger partial charge is 0.217 e. The minimum atomic E-state index is -0.206. The largest absolute Gasteiger partial charge is 0.370 e. The lowest BCUT2D eigenvalue weighted by molar-refractivity contribution is -0.119. The molecule has 1 saturated heterocycles. The fourth-order valence-electron chi connectivity index (χ4n) is 3.18.